The Bertz CT molecular complexity index is 1390. The van der Waals surface area contributed by atoms with E-state index in [1.807, 2.05) is 80.6 Å². The first-order valence-corrected chi connectivity index (χ1v) is 14.1. The minimum Gasteiger partial charge on any atom is -0.491 e. The van der Waals surface area contributed by atoms with Crippen LogP contribution in [0.4, 0.5) is 21.9 Å². The van der Waals surface area contributed by atoms with Crippen LogP contribution in [0.5, 0.6) is 5.75 Å². The Morgan fingerprint density at radius 3 is 2.38 bits per heavy atom. The quantitative estimate of drug-likeness (QED) is 0.284. The van der Waals surface area contributed by atoms with Crippen LogP contribution in [0.25, 0.3) is 0 Å². The smallest absolute Gasteiger partial charge is 0.326 e. The van der Waals surface area contributed by atoms with Crippen LogP contribution in [0.2, 0.25) is 0 Å². The minimum absolute atomic E-state index is 0.000196. The highest BCUT2D eigenvalue weighted by atomic mass is 16.5. The molecule has 10 nitrogen and oxygen atoms in total. The molecule has 0 unspecified atom stereocenters. The maximum Gasteiger partial charge on any atom is 0.326 e. The molecular formula is C32H38N6O4. The zero-order valence-corrected chi connectivity index (χ0v) is 24.3. The molecule has 4 amide bonds. The third kappa shape index (κ3) is 8.57. The van der Waals surface area contributed by atoms with Crippen LogP contribution >= 0.6 is 0 Å². The molecular weight excluding hydrogens is 532 g/mol. The molecule has 3 N–H and O–H groups in total. The van der Waals surface area contributed by atoms with Crippen molar-refractivity contribution in [2.45, 2.75) is 33.2 Å². The van der Waals surface area contributed by atoms with Gasteiger partial charge >= 0.3 is 6.03 Å². The Morgan fingerprint density at radius 2 is 1.67 bits per heavy atom. The third-order valence-electron chi connectivity index (χ3n) is 6.57. The van der Waals surface area contributed by atoms with Crippen LogP contribution in [0.3, 0.4) is 0 Å². The number of carbonyl (C=O) groups excluding carboxylic acids is 3. The van der Waals surface area contributed by atoms with Crippen molar-refractivity contribution in [1.29, 1.82) is 0 Å². The number of hydrogen-bond acceptors (Lipinski definition) is 6. The number of hydrogen-bond donors (Lipinski definition) is 3. The normalized spacial score (nSPS) is 12.2. The Kier molecular flexibility index (Phi) is 10.5. The number of ether oxygens (including phenoxy) is 1. The van der Waals surface area contributed by atoms with E-state index in [0.717, 1.165) is 11.3 Å². The highest BCUT2D eigenvalue weighted by molar-refractivity contribution is 6.04. The van der Waals surface area contributed by atoms with Gasteiger partial charge in [-0.3, -0.25) is 14.9 Å². The third-order valence-corrected chi connectivity index (χ3v) is 6.57. The monoisotopic (exact) mass is 570 g/mol. The van der Waals surface area contributed by atoms with Gasteiger partial charge in [-0.25, -0.2) is 9.79 Å². The van der Waals surface area contributed by atoms with Gasteiger partial charge in [0.2, 0.25) is 17.8 Å². The molecule has 0 atom stereocenters. The number of benzene rings is 3. The van der Waals surface area contributed by atoms with Gasteiger partial charge in [0.25, 0.3) is 0 Å². The number of amides is 4. The van der Waals surface area contributed by atoms with Crippen LogP contribution in [-0.4, -0.2) is 55.4 Å². The highest BCUT2D eigenvalue weighted by Crippen LogP contribution is 2.35. The molecule has 10 heteroatoms. The van der Waals surface area contributed by atoms with Crippen molar-refractivity contribution in [1.82, 2.24) is 15.5 Å². The maximum absolute atomic E-state index is 12.9. The number of guanidine groups is 1. The summed E-state index contributed by atoms with van der Waals surface area (Å²) in [4.78, 5) is 46.3. The number of carbonyl (C=O) groups is 3. The van der Waals surface area contributed by atoms with Gasteiger partial charge in [-0.05, 0) is 42.7 Å². The largest absolute Gasteiger partial charge is 0.491 e. The summed E-state index contributed by atoms with van der Waals surface area (Å²) in [5, 5.41) is 8.52. The van der Waals surface area contributed by atoms with E-state index in [1.54, 1.807) is 29.0 Å². The zero-order chi connectivity index (χ0) is 29.9. The number of aliphatic imine (C=N–C) groups is 1. The Morgan fingerprint density at radius 1 is 0.952 bits per heavy atom. The van der Waals surface area contributed by atoms with Crippen LogP contribution < -0.4 is 25.6 Å². The molecule has 0 saturated heterocycles. The van der Waals surface area contributed by atoms with E-state index >= 15 is 0 Å². The van der Waals surface area contributed by atoms with Gasteiger partial charge < -0.3 is 25.2 Å². The average Bonchev–Trinajstić information content (AvgIpc) is 2.99. The topological polar surface area (TPSA) is 115 Å². The van der Waals surface area contributed by atoms with Crippen LogP contribution in [-0.2, 0) is 16.1 Å². The molecule has 0 fully saturated rings. The number of nitrogens with zero attached hydrogens (tertiary/aromatic N) is 3. The van der Waals surface area contributed by atoms with E-state index in [2.05, 4.69) is 16.0 Å². The van der Waals surface area contributed by atoms with E-state index in [-0.39, 0.29) is 24.3 Å². The maximum atomic E-state index is 12.9. The number of fused-ring (bicyclic) bond motifs is 1. The lowest BCUT2D eigenvalue weighted by molar-refractivity contribution is -0.121. The van der Waals surface area contributed by atoms with Crippen LogP contribution in [0.15, 0.2) is 83.9 Å². The first-order valence-electron chi connectivity index (χ1n) is 14.1. The molecule has 0 aliphatic carbocycles. The number of anilines is 2. The minimum atomic E-state index is -0.476. The molecule has 1 aliphatic heterocycles. The molecule has 3 aromatic rings. The number of urea groups is 1. The van der Waals surface area contributed by atoms with Crippen LogP contribution in [0.1, 0.15) is 32.3 Å². The fraction of sp³-hybridized carbons (Fsp3) is 0.312. The molecule has 220 valence electrons. The van der Waals surface area contributed by atoms with Crippen molar-refractivity contribution >= 4 is 40.9 Å². The van der Waals surface area contributed by atoms with Gasteiger partial charge in [-0.1, -0.05) is 62.4 Å². The first kappa shape index (κ1) is 30.1. The van der Waals surface area contributed by atoms with E-state index in [9.17, 15) is 14.4 Å². The van der Waals surface area contributed by atoms with Gasteiger partial charge in [0.15, 0.2) is 0 Å². The number of para-hydroxylation sites is 3. The van der Waals surface area contributed by atoms with Crippen LogP contribution in [0, 0.1) is 5.92 Å². The summed E-state index contributed by atoms with van der Waals surface area (Å²) in [6, 6.07) is 23.7. The molecule has 4 rings (SSSR count). The summed E-state index contributed by atoms with van der Waals surface area (Å²) in [6.45, 7) is 5.31. The first-order chi connectivity index (χ1) is 20.3. The fourth-order valence-corrected chi connectivity index (χ4v) is 4.34. The van der Waals surface area contributed by atoms with Gasteiger partial charge in [0.05, 0.1) is 6.61 Å². The standard InChI is InChI=1S/C32H38N6O4/c1-23(2)20-33-28(39)22-38-21-24-12-10-17-27(42-19-11-18-29(40)37(3)26-15-8-5-9-16-26)30(24)35-31(38)36-32(41)34-25-13-6-4-7-14-25/h4-10,12-17,23H,11,18-22H2,1-3H3,(H,33,39)(H2,34,35,36,41). The molecule has 42 heavy (non-hydrogen) atoms. The van der Waals surface area contributed by atoms with E-state index in [1.165, 1.54) is 0 Å². The van der Waals surface area contributed by atoms with Gasteiger partial charge in [-0.2, -0.15) is 0 Å². The number of rotatable bonds is 11. The molecule has 0 aromatic heterocycles. The lowest BCUT2D eigenvalue weighted by atomic mass is 10.1. The Hall–Kier alpha value is -4.86. The molecule has 0 radical (unpaired) electrons. The Balaban J connectivity index is 1.44. The summed E-state index contributed by atoms with van der Waals surface area (Å²) in [6.07, 6.45) is 0.853. The number of nitrogens with one attached hydrogen (secondary N) is 3. The Labute approximate surface area is 246 Å². The lowest BCUT2D eigenvalue weighted by Crippen LogP contribution is -2.50. The second kappa shape index (κ2) is 14.7. The molecule has 1 heterocycles. The zero-order valence-electron chi connectivity index (χ0n) is 24.3. The van der Waals surface area contributed by atoms with Crippen molar-refractivity contribution in [3.63, 3.8) is 0 Å². The predicted octanol–water partition coefficient (Wildman–Crippen LogP) is 4.91. The second-order valence-corrected chi connectivity index (χ2v) is 10.4. The highest BCUT2D eigenvalue weighted by Gasteiger charge is 2.26. The van der Waals surface area contributed by atoms with Gasteiger partial charge in [0, 0.05) is 43.5 Å². The van der Waals surface area contributed by atoms with Crippen molar-refractivity contribution in [3.05, 3.63) is 84.4 Å². The molecule has 0 saturated carbocycles. The molecule has 1 aliphatic rings. The summed E-state index contributed by atoms with van der Waals surface area (Å²) in [5.74, 6) is 0.935. The van der Waals surface area contributed by atoms with Crippen molar-refractivity contribution in [2.75, 3.05) is 37.0 Å². The predicted molar refractivity (Wildman–Crippen MR) is 165 cm³/mol. The summed E-state index contributed by atoms with van der Waals surface area (Å²) >= 11 is 0. The summed E-state index contributed by atoms with van der Waals surface area (Å²) < 4.78 is 6.07. The lowest BCUT2D eigenvalue weighted by Gasteiger charge is -2.30. The molecule has 0 spiro atoms. The average molecular weight is 571 g/mol. The summed E-state index contributed by atoms with van der Waals surface area (Å²) in [5.41, 5.74) is 2.91. The molecule has 3 aromatic carbocycles. The van der Waals surface area contributed by atoms with E-state index in [4.69, 9.17) is 9.73 Å². The SMILES string of the molecule is CC(C)CNC(=O)CN1Cc2cccc(OCCCC(=O)N(C)c3ccccc3)c2N=C1NC(=O)Nc1ccccc1. The second-order valence-electron chi connectivity index (χ2n) is 10.4. The van der Waals surface area contributed by atoms with Crippen molar-refractivity contribution < 1.29 is 19.1 Å². The van der Waals surface area contributed by atoms with E-state index in [0.29, 0.717) is 55.6 Å². The fourth-order valence-electron chi connectivity index (χ4n) is 4.34. The van der Waals surface area contributed by atoms with Gasteiger partial charge in [0.1, 0.15) is 18.0 Å². The van der Waals surface area contributed by atoms with E-state index < -0.39 is 6.03 Å². The van der Waals surface area contributed by atoms with Crippen molar-refractivity contribution in [2.24, 2.45) is 10.9 Å². The van der Waals surface area contributed by atoms with Gasteiger partial charge in [-0.15, -0.1) is 0 Å². The summed E-state index contributed by atoms with van der Waals surface area (Å²) in [7, 11) is 1.76. The van der Waals surface area contributed by atoms with Crippen molar-refractivity contribution in [3.8, 4) is 5.75 Å². The molecule has 0 bridgehead atoms.